The summed E-state index contributed by atoms with van der Waals surface area (Å²) in [4.78, 5) is 26.1. The topological polar surface area (TPSA) is 51.5 Å². The summed E-state index contributed by atoms with van der Waals surface area (Å²) in [5.74, 6) is -0.607. The van der Waals surface area contributed by atoms with Gasteiger partial charge in [-0.1, -0.05) is 13.3 Å². The first-order valence-electron chi connectivity index (χ1n) is 8.25. The molecular weight excluding hydrogens is 337 g/mol. The van der Waals surface area contributed by atoms with Crippen LogP contribution in [0.4, 0.5) is 13.2 Å². The van der Waals surface area contributed by atoms with E-state index in [9.17, 15) is 22.8 Å². The highest BCUT2D eigenvalue weighted by Crippen LogP contribution is 2.32. The van der Waals surface area contributed by atoms with Crippen molar-refractivity contribution in [1.29, 1.82) is 0 Å². The van der Waals surface area contributed by atoms with E-state index >= 15 is 0 Å². The molecule has 1 rings (SSSR count). The summed E-state index contributed by atoms with van der Waals surface area (Å²) in [7, 11) is 3.50. The van der Waals surface area contributed by atoms with Crippen LogP contribution < -0.4 is 5.56 Å². The normalized spacial score (nSPS) is 13.1. The minimum Gasteiger partial charge on any atom is -0.464 e. The van der Waals surface area contributed by atoms with Crippen molar-refractivity contribution >= 4 is 5.97 Å². The minimum atomic E-state index is -4.62. The summed E-state index contributed by atoms with van der Waals surface area (Å²) in [6, 6.07) is -0.342. The third-order valence-electron chi connectivity index (χ3n) is 3.75. The van der Waals surface area contributed by atoms with Crippen LogP contribution in [-0.2, 0) is 22.1 Å². The van der Waals surface area contributed by atoms with Crippen LogP contribution in [0.3, 0.4) is 0 Å². The summed E-state index contributed by atoms with van der Waals surface area (Å²) in [5, 5.41) is 0. The maximum atomic E-state index is 13.3. The molecule has 0 saturated heterocycles. The van der Waals surface area contributed by atoms with Gasteiger partial charge in [0.2, 0.25) is 0 Å². The van der Waals surface area contributed by atoms with Gasteiger partial charge in [0.25, 0.3) is 5.56 Å². The highest BCUT2D eigenvalue weighted by Gasteiger charge is 2.35. The smallest absolute Gasteiger partial charge is 0.416 e. The van der Waals surface area contributed by atoms with Gasteiger partial charge in [-0.15, -0.1) is 0 Å². The van der Waals surface area contributed by atoms with Crippen molar-refractivity contribution in [3.8, 4) is 0 Å². The lowest BCUT2D eigenvalue weighted by Gasteiger charge is -2.21. The first kappa shape index (κ1) is 21.2. The van der Waals surface area contributed by atoms with Crippen molar-refractivity contribution in [3.05, 3.63) is 33.7 Å². The van der Waals surface area contributed by atoms with Gasteiger partial charge in [-0.3, -0.25) is 4.79 Å². The number of carbonyl (C=O) groups is 1. The molecule has 0 spiro atoms. The van der Waals surface area contributed by atoms with Crippen molar-refractivity contribution in [2.75, 3.05) is 27.2 Å². The van der Waals surface area contributed by atoms with Crippen molar-refractivity contribution < 1.29 is 22.7 Å². The van der Waals surface area contributed by atoms with E-state index in [1.54, 1.807) is 25.9 Å². The lowest BCUT2D eigenvalue weighted by molar-refractivity contribution is -0.147. The third kappa shape index (κ3) is 5.88. The van der Waals surface area contributed by atoms with Crippen LogP contribution in [0.5, 0.6) is 0 Å². The molecular formula is C17H25F3N2O3. The van der Waals surface area contributed by atoms with Crippen LogP contribution in [0, 0.1) is 0 Å². The second-order valence-corrected chi connectivity index (χ2v) is 6.07. The second kappa shape index (κ2) is 9.03. The fourth-order valence-electron chi connectivity index (χ4n) is 2.52. The van der Waals surface area contributed by atoms with E-state index in [-0.39, 0.29) is 18.6 Å². The number of carbonyl (C=O) groups excluding carboxylic acids is 1. The van der Waals surface area contributed by atoms with E-state index in [0.29, 0.717) is 25.5 Å². The lowest BCUT2D eigenvalue weighted by atomic mass is 10.0. The number of alkyl halides is 3. The predicted octanol–water partition coefficient (Wildman–Crippen LogP) is 2.88. The van der Waals surface area contributed by atoms with E-state index in [4.69, 9.17) is 4.74 Å². The molecule has 0 amide bonds. The SMILES string of the molecule is CCCC(C(=O)OCC)n1cc(CCN(C)C)c(C(F)(F)F)cc1=O. The van der Waals surface area contributed by atoms with Crippen molar-refractivity contribution in [2.24, 2.45) is 0 Å². The number of ether oxygens (including phenoxy) is 1. The number of esters is 1. The van der Waals surface area contributed by atoms with Gasteiger partial charge in [0.1, 0.15) is 6.04 Å². The van der Waals surface area contributed by atoms with Crippen molar-refractivity contribution in [2.45, 2.75) is 45.3 Å². The summed E-state index contributed by atoms with van der Waals surface area (Å²) < 4.78 is 45.8. The molecule has 0 fully saturated rings. The summed E-state index contributed by atoms with van der Waals surface area (Å²) >= 11 is 0. The van der Waals surface area contributed by atoms with Gasteiger partial charge < -0.3 is 14.2 Å². The second-order valence-electron chi connectivity index (χ2n) is 6.07. The number of halogens is 3. The fraction of sp³-hybridized carbons (Fsp3) is 0.647. The Morgan fingerprint density at radius 1 is 1.32 bits per heavy atom. The van der Waals surface area contributed by atoms with E-state index in [1.165, 1.54) is 0 Å². The maximum Gasteiger partial charge on any atom is 0.416 e. The molecule has 142 valence electrons. The highest BCUT2D eigenvalue weighted by molar-refractivity contribution is 5.74. The minimum absolute atomic E-state index is 0.00815. The molecule has 0 aliphatic heterocycles. The standard InChI is InChI=1S/C17H25F3N2O3/c1-5-7-14(16(24)25-6-2)22-11-12(8-9-21(3)4)13(10-15(22)23)17(18,19)20/h10-11,14H,5-9H2,1-4H3. The lowest BCUT2D eigenvalue weighted by Crippen LogP contribution is -2.33. The maximum absolute atomic E-state index is 13.3. The van der Waals surface area contributed by atoms with Crippen LogP contribution in [0.1, 0.15) is 43.9 Å². The van der Waals surface area contributed by atoms with Crippen LogP contribution in [0.15, 0.2) is 17.1 Å². The Hall–Kier alpha value is -1.83. The monoisotopic (exact) mass is 362 g/mol. The van der Waals surface area contributed by atoms with Gasteiger partial charge in [0, 0.05) is 18.8 Å². The molecule has 8 heteroatoms. The Balaban J connectivity index is 3.41. The Morgan fingerprint density at radius 3 is 2.44 bits per heavy atom. The largest absolute Gasteiger partial charge is 0.464 e. The average molecular weight is 362 g/mol. The van der Waals surface area contributed by atoms with Crippen LogP contribution in [-0.4, -0.2) is 42.7 Å². The number of rotatable bonds is 8. The zero-order valence-electron chi connectivity index (χ0n) is 15.0. The number of hydrogen-bond donors (Lipinski definition) is 0. The molecule has 0 aliphatic carbocycles. The van der Waals surface area contributed by atoms with Crippen LogP contribution >= 0.6 is 0 Å². The first-order valence-corrected chi connectivity index (χ1v) is 8.25. The van der Waals surface area contributed by atoms with Crippen molar-refractivity contribution in [1.82, 2.24) is 9.47 Å². The Labute approximate surface area is 145 Å². The number of hydrogen-bond acceptors (Lipinski definition) is 4. The molecule has 1 aromatic rings. The van der Waals surface area contributed by atoms with E-state index in [2.05, 4.69) is 0 Å². The molecule has 0 radical (unpaired) electrons. The Morgan fingerprint density at radius 2 is 1.96 bits per heavy atom. The molecule has 0 bridgehead atoms. The summed E-state index contributed by atoms with van der Waals surface area (Å²) in [6.45, 7) is 3.99. The fourth-order valence-corrected chi connectivity index (χ4v) is 2.52. The molecule has 1 atom stereocenters. The van der Waals surface area contributed by atoms with Gasteiger partial charge in [-0.25, -0.2) is 4.79 Å². The molecule has 1 unspecified atom stereocenters. The van der Waals surface area contributed by atoms with Gasteiger partial charge in [0.15, 0.2) is 0 Å². The number of likely N-dealkylation sites (N-methyl/N-ethyl adjacent to an activating group) is 1. The number of nitrogens with zero attached hydrogens (tertiary/aromatic N) is 2. The van der Waals surface area contributed by atoms with E-state index in [0.717, 1.165) is 10.8 Å². The number of aromatic nitrogens is 1. The first-order chi connectivity index (χ1) is 11.6. The molecule has 25 heavy (non-hydrogen) atoms. The van der Waals surface area contributed by atoms with Gasteiger partial charge >= 0.3 is 12.1 Å². The summed E-state index contributed by atoms with van der Waals surface area (Å²) in [5.41, 5.74) is -1.81. The predicted molar refractivity (Wildman–Crippen MR) is 88.5 cm³/mol. The van der Waals surface area contributed by atoms with Crippen LogP contribution in [0.2, 0.25) is 0 Å². The molecule has 0 aromatic carbocycles. The van der Waals surface area contributed by atoms with Gasteiger partial charge in [-0.2, -0.15) is 13.2 Å². The molecule has 0 saturated carbocycles. The zero-order chi connectivity index (χ0) is 19.2. The van der Waals surface area contributed by atoms with Gasteiger partial charge in [-0.05, 0) is 39.4 Å². The quantitative estimate of drug-likeness (QED) is 0.668. The molecule has 5 nitrogen and oxygen atoms in total. The Kier molecular flexibility index (Phi) is 7.66. The third-order valence-corrected chi connectivity index (χ3v) is 3.75. The number of pyridine rings is 1. The van der Waals surface area contributed by atoms with Crippen molar-refractivity contribution in [3.63, 3.8) is 0 Å². The molecule has 0 N–H and O–H groups in total. The van der Waals surface area contributed by atoms with E-state index in [1.807, 2.05) is 6.92 Å². The Bertz CT molecular complexity index is 639. The molecule has 1 aromatic heterocycles. The molecule has 1 heterocycles. The highest BCUT2D eigenvalue weighted by atomic mass is 19.4. The molecule has 0 aliphatic rings. The van der Waals surface area contributed by atoms with Crippen LogP contribution in [0.25, 0.3) is 0 Å². The zero-order valence-corrected chi connectivity index (χ0v) is 15.0. The average Bonchev–Trinajstić information content (AvgIpc) is 2.50. The van der Waals surface area contributed by atoms with Gasteiger partial charge in [0.05, 0.1) is 12.2 Å². The van der Waals surface area contributed by atoms with E-state index < -0.39 is 29.3 Å². The summed E-state index contributed by atoms with van der Waals surface area (Å²) in [6.07, 6.45) is -2.44.